The van der Waals surface area contributed by atoms with Crippen LogP contribution in [0.5, 0.6) is 5.75 Å². The summed E-state index contributed by atoms with van der Waals surface area (Å²) in [6.07, 6.45) is 9.72. The van der Waals surface area contributed by atoms with E-state index in [4.69, 9.17) is 4.74 Å². The fourth-order valence-electron chi connectivity index (χ4n) is 2.81. The first-order valence-electron chi connectivity index (χ1n) is 8.57. The monoisotopic (exact) mass is 315 g/mol. The van der Waals surface area contributed by atoms with Gasteiger partial charge in [0.1, 0.15) is 5.75 Å². The fraction of sp³-hybridized carbons (Fsp3) is 0.526. The van der Waals surface area contributed by atoms with Gasteiger partial charge < -0.3 is 15.4 Å². The molecule has 2 rings (SSSR count). The minimum atomic E-state index is 0.870. The molecule has 4 nitrogen and oxygen atoms in total. The molecule has 1 aromatic carbocycles. The molecule has 2 N–H and O–H groups in total. The van der Waals surface area contributed by atoms with Gasteiger partial charge in [0, 0.05) is 20.1 Å². The summed E-state index contributed by atoms with van der Waals surface area (Å²) < 4.78 is 5.17. The second-order valence-electron chi connectivity index (χ2n) is 5.88. The van der Waals surface area contributed by atoms with E-state index in [-0.39, 0.29) is 0 Å². The van der Waals surface area contributed by atoms with Crippen LogP contribution in [0, 0.1) is 0 Å². The fourth-order valence-corrected chi connectivity index (χ4v) is 2.81. The molecule has 0 unspecified atom stereocenters. The molecule has 0 atom stereocenters. The minimum Gasteiger partial charge on any atom is -0.497 e. The van der Waals surface area contributed by atoms with Crippen LogP contribution in [0.4, 0.5) is 0 Å². The highest BCUT2D eigenvalue weighted by Gasteiger charge is 2.04. The number of nitrogens with one attached hydrogen (secondary N) is 2. The summed E-state index contributed by atoms with van der Waals surface area (Å²) >= 11 is 0. The molecular weight excluding hydrogens is 286 g/mol. The van der Waals surface area contributed by atoms with E-state index in [1.165, 1.54) is 31.2 Å². The molecular formula is C19H29N3O. The highest BCUT2D eigenvalue weighted by atomic mass is 16.5. The summed E-state index contributed by atoms with van der Waals surface area (Å²) in [5, 5.41) is 6.77. The zero-order valence-corrected chi connectivity index (χ0v) is 14.4. The Bertz CT molecular complexity index is 520. The zero-order valence-electron chi connectivity index (χ0n) is 14.4. The second-order valence-corrected chi connectivity index (χ2v) is 5.88. The van der Waals surface area contributed by atoms with Crippen LogP contribution >= 0.6 is 0 Å². The molecule has 1 aliphatic rings. The van der Waals surface area contributed by atoms with Crippen molar-refractivity contribution in [1.29, 1.82) is 0 Å². The lowest BCUT2D eigenvalue weighted by Crippen LogP contribution is -2.38. The smallest absolute Gasteiger partial charge is 0.190 e. The van der Waals surface area contributed by atoms with E-state index in [2.05, 4.69) is 33.8 Å². The molecule has 0 heterocycles. The average Bonchev–Trinajstić information content (AvgIpc) is 2.62. The van der Waals surface area contributed by atoms with Crippen LogP contribution < -0.4 is 15.4 Å². The van der Waals surface area contributed by atoms with Crippen LogP contribution in [0.2, 0.25) is 0 Å². The Balaban J connectivity index is 1.65. The largest absolute Gasteiger partial charge is 0.497 e. The first-order valence-corrected chi connectivity index (χ1v) is 8.57. The molecule has 0 aliphatic heterocycles. The normalized spacial score (nSPS) is 15.0. The molecule has 0 amide bonds. The van der Waals surface area contributed by atoms with Crippen molar-refractivity contribution < 1.29 is 4.74 Å². The summed E-state index contributed by atoms with van der Waals surface area (Å²) in [5.41, 5.74) is 2.89. The maximum absolute atomic E-state index is 5.17. The minimum absolute atomic E-state index is 0.870. The molecule has 126 valence electrons. The van der Waals surface area contributed by atoms with Gasteiger partial charge in [-0.1, -0.05) is 23.8 Å². The first-order chi connectivity index (χ1) is 11.3. The molecule has 0 saturated carbocycles. The van der Waals surface area contributed by atoms with Gasteiger partial charge in [-0.05, 0) is 56.2 Å². The third kappa shape index (κ3) is 6.35. The maximum atomic E-state index is 5.17. The summed E-state index contributed by atoms with van der Waals surface area (Å²) in [4.78, 5) is 4.28. The molecule has 0 radical (unpaired) electrons. The summed E-state index contributed by atoms with van der Waals surface area (Å²) in [5.74, 6) is 1.78. The van der Waals surface area contributed by atoms with Gasteiger partial charge in [-0.2, -0.15) is 0 Å². The molecule has 0 fully saturated rings. The Morgan fingerprint density at radius 2 is 1.83 bits per heavy atom. The quantitative estimate of drug-likeness (QED) is 0.461. The van der Waals surface area contributed by atoms with Gasteiger partial charge in [0.25, 0.3) is 0 Å². The standard InChI is InChI=1S/C19H29N3O/c1-20-19(21-14-12-16-6-4-3-5-7-16)22-15-13-17-8-10-18(23-2)11-9-17/h6,8-11H,3-5,7,12-15H2,1-2H3,(H2,20,21,22). The van der Waals surface area contributed by atoms with E-state index >= 15 is 0 Å². The molecule has 4 heteroatoms. The number of allylic oxidation sites excluding steroid dienone is 1. The lowest BCUT2D eigenvalue weighted by atomic mass is 9.97. The number of nitrogens with zero attached hydrogens (tertiary/aromatic N) is 1. The predicted octanol–water partition coefficient (Wildman–Crippen LogP) is 3.29. The summed E-state index contributed by atoms with van der Waals surface area (Å²) in [6, 6.07) is 8.21. The van der Waals surface area contributed by atoms with Crippen LogP contribution in [0.25, 0.3) is 0 Å². The van der Waals surface area contributed by atoms with Gasteiger partial charge in [0.05, 0.1) is 7.11 Å². The van der Waals surface area contributed by atoms with E-state index in [0.717, 1.165) is 37.6 Å². The van der Waals surface area contributed by atoms with Gasteiger partial charge >= 0.3 is 0 Å². The highest BCUT2D eigenvalue weighted by Crippen LogP contribution is 2.19. The van der Waals surface area contributed by atoms with Crippen molar-refractivity contribution in [3.05, 3.63) is 41.5 Å². The van der Waals surface area contributed by atoms with E-state index in [9.17, 15) is 0 Å². The Labute approximate surface area is 140 Å². The van der Waals surface area contributed by atoms with Crippen LogP contribution in [0.1, 0.15) is 37.7 Å². The molecule has 0 aromatic heterocycles. The number of guanidine groups is 1. The topological polar surface area (TPSA) is 45.7 Å². The molecule has 23 heavy (non-hydrogen) atoms. The van der Waals surface area contributed by atoms with Crippen molar-refractivity contribution in [2.45, 2.75) is 38.5 Å². The number of methoxy groups -OCH3 is 1. The Kier molecular flexibility index (Phi) is 7.50. The SMILES string of the molecule is CN=C(NCCC1=CCCCC1)NCCc1ccc(OC)cc1. The van der Waals surface area contributed by atoms with E-state index < -0.39 is 0 Å². The predicted molar refractivity (Wildman–Crippen MR) is 97.2 cm³/mol. The summed E-state index contributed by atoms with van der Waals surface area (Å²) in [6.45, 7) is 1.82. The van der Waals surface area contributed by atoms with Gasteiger partial charge in [-0.3, -0.25) is 4.99 Å². The van der Waals surface area contributed by atoms with Gasteiger partial charge in [-0.15, -0.1) is 0 Å². The van der Waals surface area contributed by atoms with E-state index in [1.807, 2.05) is 19.2 Å². The highest BCUT2D eigenvalue weighted by molar-refractivity contribution is 5.79. The molecule has 0 spiro atoms. The molecule has 1 aliphatic carbocycles. The van der Waals surface area contributed by atoms with Crippen LogP contribution in [0.3, 0.4) is 0 Å². The number of rotatable bonds is 7. The lowest BCUT2D eigenvalue weighted by Gasteiger charge is -2.15. The third-order valence-electron chi connectivity index (χ3n) is 4.21. The second kappa shape index (κ2) is 9.93. The lowest BCUT2D eigenvalue weighted by molar-refractivity contribution is 0.414. The van der Waals surface area contributed by atoms with Crippen molar-refractivity contribution in [2.75, 3.05) is 27.2 Å². The van der Waals surface area contributed by atoms with Crippen molar-refractivity contribution in [2.24, 2.45) is 4.99 Å². The van der Waals surface area contributed by atoms with E-state index in [0.29, 0.717) is 0 Å². The average molecular weight is 315 g/mol. The van der Waals surface area contributed by atoms with Crippen molar-refractivity contribution in [3.63, 3.8) is 0 Å². The van der Waals surface area contributed by atoms with Gasteiger partial charge in [0.15, 0.2) is 5.96 Å². The third-order valence-corrected chi connectivity index (χ3v) is 4.21. The summed E-state index contributed by atoms with van der Waals surface area (Å²) in [7, 11) is 3.51. The number of aliphatic imine (C=N–C) groups is 1. The van der Waals surface area contributed by atoms with Crippen molar-refractivity contribution in [3.8, 4) is 5.75 Å². The molecule has 0 saturated heterocycles. The number of hydrogen-bond donors (Lipinski definition) is 2. The number of ether oxygens (including phenoxy) is 1. The maximum Gasteiger partial charge on any atom is 0.190 e. The van der Waals surface area contributed by atoms with Crippen LogP contribution in [-0.4, -0.2) is 33.2 Å². The van der Waals surface area contributed by atoms with Crippen molar-refractivity contribution in [1.82, 2.24) is 10.6 Å². The Hall–Kier alpha value is -1.97. The Morgan fingerprint density at radius 3 is 2.43 bits per heavy atom. The number of benzene rings is 1. The van der Waals surface area contributed by atoms with Crippen molar-refractivity contribution >= 4 is 5.96 Å². The number of hydrogen-bond acceptors (Lipinski definition) is 2. The van der Waals surface area contributed by atoms with Gasteiger partial charge in [-0.25, -0.2) is 0 Å². The zero-order chi connectivity index (χ0) is 16.3. The van der Waals surface area contributed by atoms with Crippen LogP contribution in [-0.2, 0) is 6.42 Å². The molecule has 0 bridgehead atoms. The Morgan fingerprint density at radius 1 is 1.09 bits per heavy atom. The van der Waals surface area contributed by atoms with E-state index in [1.54, 1.807) is 12.7 Å². The molecule has 1 aromatic rings. The van der Waals surface area contributed by atoms with Crippen LogP contribution in [0.15, 0.2) is 40.9 Å². The first kappa shape index (κ1) is 17.4. The van der Waals surface area contributed by atoms with Gasteiger partial charge in [0.2, 0.25) is 0 Å².